The number of aromatic nitrogens is 1. The largest absolute Gasteiger partial charge is 0.497 e. The van der Waals surface area contributed by atoms with E-state index in [0.717, 1.165) is 29.3 Å². The SMILES string of the molecule is COc1cc(OC)cc(C(CN)N(C)Cc2cscn2)c1. The van der Waals surface area contributed by atoms with Gasteiger partial charge in [-0.1, -0.05) is 0 Å². The Morgan fingerprint density at radius 1 is 1.24 bits per heavy atom. The molecule has 0 aliphatic rings. The van der Waals surface area contributed by atoms with Crippen LogP contribution in [0, 0.1) is 0 Å². The lowest BCUT2D eigenvalue weighted by Gasteiger charge is -2.27. The third kappa shape index (κ3) is 3.93. The van der Waals surface area contributed by atoms with Crippen LogP contribution in [-0.2, 0) is 6.54 Å². The molecule has 0 fully saturated rings. The lowest BCUT2D eigenvalue weighted by atomic mass is 10.0. The van der Waals surface area contributed by atoms with Crippen molar-refractivity contribution >= 4 is 11.3 Å². The van der Waals surface area contributed by atoms with Gasteiger partial charge in [0.15, 0.2) is 0 Å². The van der Waals surface area contributed by atoms with E-state index in [2.05, 4.69) is 15.3 Å². The zero-order valence-electron chi connectivity index (χ0n) is 12.6. The number of methoxy groups -OCH3 is 2. The molecule has 1 heterocycles. The second kappa shape index (κ2) is 7.40. The maximum Gasteiger partial charge on any atom is 0.122 e. The molecule has 2 rings (SSSR count). The van der Waals surface area contributed by atoms with Gasteiger partial charge in [-0.2, -0.15) is 0 Å². The zero-order valence-corrected chi connectivity index (χ0v) is 13.4. The molecule has 5 nitrogen and oxygen atoms in total. The first-order valence-electron chi connectivity index (χ1n) is 6.68. The van der Waals surface area contributed by atoms with Crippen molar-refractivity contribution in [3.63, 3.8) is 0 Å². The number of benzene rings is 1. The minimum Gasteiger partial charge on any atom is -0.497 e. The van der Waals surface area contributed by atoms with E-state index in [4.69, 9.17) is 15.2 Å². The van der Waals surface area contributed by atoms with Gasteiger partial charge in [0.05, 0.1) is 25.4 Å². The van der Waals surface area contributed by atoms with E-state index in [9.17, 15) is 0 Å². The quantitative estimate of drug-likeness (QED) is 0.850. The molecule has 1 aromatic carbocycles. The third-order valence-electron chi connectivity index (χ3n) is 3.41. The van der Waals surface area contributed by atoms with Crippen LogP contribution in [0.4, 0.5) is 0 Å². The lowest BCUT2D eigenvalue weighted by molar-refractivity contribution is 0.238. The van der Waals surface area contributed by atoms with Crippen LogP contribution in [-0.4, -0.2) is 37.7 Å². The summed E-state index contributed by atoms with van der Waals surface area (Å²) in [4.78, 5) is 6.50. The van der Waals surface area contributed by atoms with E-state index < -0.39 is 0 Å². The van der Waals surface area contributed by atoms with Crippen LogP contribution in [0.15, 0.2) is 29.1 Å². The van der Waals surface area contributed by atoms with E-state index in [0.29, 0.717) is 6.54 Å². The smallest absolute Gasteiger partial charge is 0.122 e. The predicted octanol–water partition coefficient (Wildman–Crippen LogP) is 2.29. The Kier molecular flexibility index (Phi) is 5.55. The van der Waals surface area contributed by atoms with Gasteiger partial charge in [0.2, 0.25) is 0 Å². The van der Waals surface area contributed by atoms with Crippen LogP contribution < -0.4 is 15.2 Å². The predicted molar refractivity (Wildman–Crippen MR) is 84.9 cm³/mol. The monoisotopic (exact) mass is 307 g/mol. The van der Waals surface area contributed by atoms with Gasteiger partial charge in [-0.3, -0.25) is 4.90 Å². The van der Waals surface area contributed by atoms with Crippen molar-refractivity contribution in [1.82, 2.24) is 9.88 Å². The minimum atomic E-state index is 0.0794. The fourth-order valence-corrected chi connectivity index (χ4v) is 2.82. The lowest BCUT2D eigenvalue weighted by Crippen LogP contribution is -2.30. The third-order valence-corrected chi connectivity index (χ3v) is 4.04. The van der Waals surface area contributed by atoms with Crippen molar-refractivity contribution in [2.75, 3.05) is 27.8 Å². The highest BCUT2D eigenvalue weighted by Crippen LogP contribution is 2.29. The highest BCUT2D eigenvalue weighted by Gasteiger charge is 2.18. The first-order chi connectivity index (χ1) is 10.2. The van der Waals surface area contributed by atoms with Crippen LogP contribution in [0.1, 0.15) is 17.3 Å². The molecule has 2 N–H and O–H groups in total. The summed E-state index contributed by atoms with van der Waals surface area (Å²) in [5.41, 5.74) is 9.95. The molecule has 21 heavy (non-hydrogen) atoms. The molecule has 0 radical (unpaired) electrons. The Balaban J connectivity index is 2.23. The minimum absolute atomic E-state index is 0.0794. The molecule has 2 aromatic rings. The van der Waals surface area contributed by atoms with E-state index >= 15 is 0 Å². The van der Waals surface area contributed by atoms with Crippen molar-refractivity contribution in [3.05, 3.63) is 40.3 Å². The maximum atomic E-state index is 5.98. The summed E-state index contributed by atoms with van der Waals surface area (Å²) in [6, 6.07) is 5.93. The first kappa shape index (κ1) is 15.8. The van der Waals surface area contributed by atoms with E-state index in [1.807, 2.05) is 30.8 Å². The number of thiazole rings is 1. The summed E-state index contributed by atoms with van der Waals surface area (Å²) in [6.45, 7) is 1.27. The standard InChI is InChI=1S/C15H21N3O2S/c1-18(8-12-9-21-10-17-12)15(7-16)11-4-13(19-2)6-14(5-11)20-3/h4-6,9-10,15H,7-8,16H2,1-3H3. The summed E-state index contributed by atoms with van der Waals surface area (Å²) in [6.07, 6.45) is 0. The van der Waals surface area contributed by atoms with Gasteiger partial charge in [0.25, 0.3) is 0 Å². The molecule has 0 bridgehead atoms. The maximum absolute atomic E-state index is 5.98. The van der Waals surface area contributed by atoms with Crippen LogP contribution in [0.2, 0.25) is 0 Å². The Labute approximate surface area is 129 Å². The summed E-state index contributed by atoms with van der Waals surface area (Å²) in [5.74, 6) is 1.54. The number of hydrogen-bond acceptors (Lipinski definition) is 6. The molecule has 0 aliphatic heterocycles. The van der Waals surface area contributed by atoms with E-state index in [1.165, 1.54) is 0 Å². The highest BCUT2D eigenvalue weighted by atomic mass is 32.1. The van der Waals surface area contributed by atoms with Gasteiger partial charge in [0.1, 0.15) is 11.5 Å². The van der Waals surface area contributed by atoms with Gasteiger partial charge in [0, 0.05) is 30.6 Å². The van der Waals surface area contributed by atoms with Gasteiger partial charge >= 0.3 is 0 Å². The molecule has 0 saturated heterocycles. The van der Waals surface area contributed by atoms with Gasteiger partial charge in [-0.25, -0.2) is 4.98 Å². The molecule has 1 unspecified atom stereocenters. The molecular formula is C15H21N3O2S. The first-order valence-corrected chi connectivity index (χ1v) is 7.62. The fourth-order valence-electron chi connectivity index (χ4n) is 2.27. The average Bonchev–Trinajstić information content (AvgIpc) is 3.00. The molecule has 0 saturated carbocycles. The topological polar surface area (TPSA) is 60.6 Å². The Morgan fingerprint density at radius 3 is 2.38 bits per heavy atom. The van der Waals surface area contributed by atoms with E-state index in [-0.39, 0.29) is 6.04 Å². The zero-order chi connectivity index (χ0) is 15.2. The molecule has 114 valence electrons. The number of nitrogens with zero attached hydrogens (tertiary/aromatic N) is 2. The molecular weight excluding hydrogens is 286 g/mol. The van der Waals surface area contributed by atoms with Crippen LogP contribution in [0.5, 0.6) is 11.5 Å². The fraction of sp³-hybridized carbons (Fsp3) is 0.400. The number of ether oxygens (including phenoxy) is 2. The summed E-state index contributed by atoms with van der Waals surface area (Å²) >= 11 is 1.60. The van der Waals surface area contributed by atoms with Crippen molar-refractivity contribution in [2.45, 2.75) is 12.6 Å². The van der Waals surface area contributed by atoms with Gasteiger partial charge in [-0.05, 0) is 24.7 Å². The van der Waals surface area contributed by atoms with Crippen molar-refractivity contribution in [2.24, 2.45) is 5.73 Å². The Hall–Kier alpha value is -1.63. The molecule has 0 aliphatic carbocycles. The van der Waals surface area contributed by atoms with Gasteiger partial charge < -0.3 is 15.2 Å². The number of hydrogen-bond donors (Lipinski definition) is 1. The second-order valence-electron chi connectivity index (χ2n) is 4.79. The molecule has 6 heteroatoms. The van der Waals surface area contributed by atoms with Crippen molar-refractivity contribution in [3.8, 4) is 11.5 Å². The van der Waals surface area contributed by atoms with Crippen molar-refractivity contribution in [1.29, 1.82) is 0 Å². The van der Waals surface area contributed by atoms with Crippen LogP contribution in [0.25, 0.3) is 0 Å². The summed E-state index contributed by atoms with van der Waals surface area (Å²) < 4.78 is 10.7. The Bertz CT molecular complexity index is 538. The van der Waals surface area contributed by atoms with Crippen LogP contribution >= 0.6 is 11.3 Å². The van der Waals surface area contributed by atoms with Gasteiger partial charge in [-0.15, -0.1) is 11.3 Å². The summed E-state index contributed by atoms with van der Waals surface area (Å²) in [7, 11) is 5.34. The molecule has 1 aromatic heterocycles. The molecule has 1 atom stereocenters. The molecule has 0 amide bonds. The second-order valence-corrected chi connectivity index (χ2v) is 5.51. The van der Waals surface area contributed by atoms with E-state index in [1.54, 1.807) is 25.6 Å². The number of likely N-dealkylation sites (N-methyl/N-ethyl adjacent to an activating group) is 1. The molecule has 0 spiro atoms. The number of rotatable bonds is 7. The highest BCUT2D eigenvalue weighted by molar-refractivity contribution is 7.07. The summed E-state index contributed by atoms with van der Waals surface area (Å²) in [5, 5.41) is 2.05. The van der Waals surface area contributed by atoms with Crippen LogP contribution in [0.3, 0.4) is 0 Å². The number of nitrogens with two attached hydrogens (primary N) is 1. The van der Waals surface area contributed by atoms with Crippen molar-refractivity contribution < 1.29 is 9.47 Å². The normalized spacial score (nSPS) is 12.4. The Morgan fingerprint density at radius 2 is 1.90 bits per heavy atom. The average molecular weight is 307 g/mol.